The molecule has 1 fully saturated rings. The van der Waals surface area contributed by atoms with Gasteiger partial charge in [-0.05, 0) is 43.3 Å². The maximum Gasteiger partial charge on any atom is 0.246 e. The highest BCUT2D eigenvalue weighted by Gasteiger charge is 2.33. The number of piperidine rings is 1. The molecule has 0 aliphatic carbocycles. The van der Waals surface area contributed by atoms with Crippen LogP contribution in [0.1, 0.15) is 18.7 Å². The van der Waals surface area contributed by atoms with Crippen molar-refractivity contribution in [3.63, 3.8) is 0 Å². The van der Waals surface area contributed by atoms with Crippen LogP contribution in [0, 0.1) is 22.3 Å². The Morgan fingerprint density at radius 1 is 1.36 bits per heavy atom. The van der Waals surface area contributed by atoms with Crippen LogP contribution in [0.5, 0.6) is 0 Å². The minimum absolute atomic E-state index is 0.0445. The standard InChI is InChI=1S/C16H19F2N5O3S2/c1-22-14(20-21-16(22)27)9-19-15(24)10-4-6-23(7-5-10)28(25,26)13-8-11(17)2-3-12(13)18/h2-3,8,10H,4-7,9H2,1H3,(H,19,24)(H,21,27). The molecule has 0 atom stereocenters. The van der Waals surface area contributed by atoms with E-state index in [9.17, 15) is 22.0 Å². The van der Waals surface area contributed by atoms with Gasteiger partial charge < -0.3 is 9.88 Å². The van der Waals surface area contributed by atoms with Gasteiger partial charge in [-0.3, -0.25) is 9.89 Å². The molecule has 2 heterocycles. The van der Waals surface area contributed by atoms with Crippen LogP contribution in [0.15, 0.2) is 23.1 Å². The van der Waals surface area contributed by atoms with E-state index in [1.807, 2.05) is 0 Å². The van der Waals surface area contributed by atoms with Crippen molar-refractivity contribution in [2.75, 3.05) is 13.1 Å². The quantitative estimate of drug-likeness (QED) is 0.699. The molecule has 3 rings (SSSR count). The van der Waals surface area contributed by atoms with Crippen molar-refractivity contribution in [3.8, 4) is 0 Å². The first-order valence-corrected chi connectivity index (χ1v) is 10.4. The Hall–Kier alpha value is -2.18. The molecule has 0 radical (unpaired) electrons. The fourth-order valence-electron chi connectivity index (χ4n) is 3.02. The first kappa shape index (κ1) is 20.6. The van der Waals surface area contributed by atoms with Crippen molar-refractivity contribution in [1.29, 1.82) is 0 Å². The molecule has 0 unspecified atom stereocenters. The first-order chi connectivity index (χ1) is 13.2. The van der Waals surface area contributed by atoms with Crippen LogP contribution < -0.4 is 5.32 Å². The van der Waals surface area contributed by atoms with Gasteiger partial charge in [0, 0.05) is 26.1 Å². The van der Waals surface area contributed by atoms with Crippen molar-refractivity contribution in [1.82, 2.24) is 24.4 Å². The summed E-state index contributed by atoms with van der Waals surface area (Å²) < 4.78 is 55.5. The summed E-state index contributed by atoms with van der Waals surface area (Å²) in [6.07, 6.45) is 0.557. The number of hydrogen-bond acceptors (Lipinski definition) is 5. The van der Waals surface area contributed by atoms with Crippen LogP contribution >= 0.6 is 12.2 Å². The second-order valence-corrected chi connectivity index (χ2v) is 8.77. The molecule has 1 amide bonds. The zero-order chi connectivity index (χ0) is 20.5. The minimum atomic E-state index is -4.16. The third kappa shape index (κ3) is 4.13. The van der Waals surface area contributed by atoms with E-state index in [1.54, 1.807) is 11.6 Å². The summed E-state index contributed by atoms with van der Waals surface area (Å²) in [5.74, 6) is -1.86. The van der Waals surface area contributed by atoms with Gasteiger partial charge in [0.2, 0.25) is 15.9 Å². The van der Waals surface area contributed by atoms with Crippen LogP contribution in [0.25, 0.3) is 0 Å². The summed E-state index contributed by atoms with van der Waals surface area (Å²) in [6.45, 7) is 0.279. The van der Waals surface area contributed by atoms with Crippen LogP contribution in [-0.4, -0.2) is 46.5 Å². The fraction of sp³-hybridized carbons (Fsp3) is 0.438. The number of rotatable bonds is 5. The maximum absolute atomic E-state index is 13.9. The number of amides is 1. The molecule has 12 heteroatoms. The molecule has 2 N–H and O–H groups in total. The minimum Gasteiger partial charge on any atom is -0.349 e. The summed E-state index contributed by atoms with van der Waals surface area (Å²) in [6, 6.07) is 2.31. The average molecular weight is 431 g/mol. The number of carbonyl (C=O) groups excluding carboxylic acids is 1. The molecule has 1 aliphatic heterocycles. The average Bonchev–Trinajstić information content (AvgIpc) is 3.00. The van der Waals surface area contributed by atoms with E-state index in [0.29, 0.717) is 16.7 Å². The highest BCUT2D eigenvalue weighted by Crippen LogP contribution is 2.26. The van der Waals surface area contributed by atoms with Crippen LogP contribution in [0.3, 0.4) is 0 Å². The third-order valence-corrected chi connectivity index (χ3v) is 7.01. The van der Waals surface area contributed by atoms with Gasteiger partial charge in [-0.1, -0.05) is 0 Å². The predicted molar refractivity (Wildman–Crippen MR) is 98.1 cm³/mol. The van der Waals surface area contributed by atoms with Gasteiger partial charge in [0.25, 0.3) is 0 Å². The fourth-order valence-corrected chi connectivity index (χ4v) is 4.72. The maximum atomic E-state index is 13.9. The molecule has 28 heavy (non-hydrogen) atoms. The first-order valence-electron chi connectivity index (χ1n) is 8.53. The normalized spacial score (nSPS) is 16.2. The monoisotopic (exact) mass is 431 g/mol. The van der Waals surface area contributed by atoms with E-state index in [1.165, 1.54) is 0 Å². The Kier molecular flexibility index (Phi) is 5.91. The molecule has 2 aromatic rings. The molecule has 0 bridgehead atoms. The van der Waals surface area contributed by atoms with Crippen molar-refractivity contribution < 1.29 is 22.0 Å². The second-order valence-electron chi connectivity index (χ2n) is 6.47. The lowest BCUT2D eigenvalue weighted by molar-refractivity contribution is -0.126. The van der Waals surface area contributed by atoms with Gasteiger partial charge in [0.05, 0.1) is 6.54 Å². The van der Waals surface area contributed by atoms with E-state index < -0.39 is 26.6 Å². The molecule has 0 saturated carbocycles. The highest BCUT2D eigenvalue weighted by molar-refractivity contribution is 7.89. The van der Waals surface area contributed by atoms with Crippen molar-refractivity contribution >= 4 is 28.1 Å². The van der Waals surface area contributed by atoms with Crippen molar-refractivity contribution in [2.45, 2.75) is 24.3 Å². The molecule has 152 valence electrons. The van der Waals surface area contributed by atoms with Gasteiger partial charge in [-0.25, -0.2) is 17.2 Å². The van der Waals surface area contributed by atoms with Crippen LogP contribution in [0.2, 0.25) is 0 Å². The number of aromatic nitrogens is 3. The number of sulfonamides is 1. The predicted octanol–water partition coefficient (Wildman–Crippen LogP) is 1.47. The summed E-state index contributed by atoms with van der Waals surface area (Å²) in [5, 5.41) is 9.38. The number of carbonyl (C=O) groups is 1. The Morgan fingerprint density at radius 3 is 2.64 bits per heavy atom. The molecular formula is C16H19F2N5O3S2. The Bertz CT molecular complexity index is 1040. The molecule has 1 aromatic heterocycles. The Morgan fingerprint density at radius 2 is 2.04 bits per heavy atom. The number of H-pyrrole nitrogens is 1. The highest BCUT2D eigenvalue weighted by atomic mass is 32.2. The lowest BCUT2D eigenvalue weighted by atomic mass is 9.97. The Balaban J connectivity index is 1.60. The SMILES string of the molecule is Cn1c(CNC(=O)C2CCN(S(=O)(=O)c3cc(F)ccc3F)CC2)n[nH]c1=S. The van der Waals surface area contributed by atoms with Crippen LogP contribution in [0.4, 0.5) is 8.78 Å². The molecule has 0 spiro atoms. The van der Waals surface area contributed by atoms with Crippen LogP contribution in [-0.2, 0) is 28.4 Å². The van der Waals surface area contributed by atoms with Crippen molar-refractivity contribution in [2.24, 2.45) is 13.0 Å². The van der Waals surface area contributed by atoms with E-state index in [0.717, 1.165) is 16.4 Å². The summed E-state index contributed by atoms with van der Waals surface area (Å²) >= 11 is 5.00. The van der Waals surface area contributed by atoms with Gasteiger partial charge in [-0.2, -0.15) is 9.40 Å². The molecule has 1 saturated heterocycles. The number of halogens is 2. The third-order valence-electron chi connectivity index (χ3n) is 4.73. The van der Waals surface area contributed by atoms with Gasteiger partial charge >= 0.3 is 0 Å². The van der Waals surface area contributed by atoms with E-state index in [2.05, 4.69) is 15.5 Å². The largest absolute Gasteiger partial charge is 0.349 e. The zero-order valence-electron chi connectivity index (χ0n) is 15.0. The smallest absolute Gasteiger partial charge is 0.246 e. The molecular weight excluding hydrogens is 412 g/mol. The van der Waals surface area contributed by atoms with Gasteiger partial charge in [-0.15, -0.1) is 0 Å². The van der Waals surface area contributed by atoms with E-state index in [4.69, 9.17) is 12.2 Å². The lowest BCUT2D eigenvalue weighted by Crippen LogP contribution is -2.43. The van der Waals surface area contributed by atoms with Gasteiger partial charge in [0.1, 0.15) is 16.5 Å². The second kappa shape index (κ2) is 8.05. The number of benzene rings is 1. The summed E-state index contributed by atoms with van der Waals surface area (Å²) in [5.41, 5.74) is 0. The number of nitrogens with one attached hydrogen (secondary N) is 2. The molecule has 1 aromatic carbocycles. The van der Waals surface area contributed by atoms with Gasteiger partial charge in [0.15, 0.2) is 10.6 Å². The van der Waals surface area contributed by atoms with E-state index >= 15 is 0 Å². The van der Waals surface area contributed by atoms with Crippen molar-refractivity contribution in [3.05, 3.63) is 40.4 Å². The number of aromatic amines is 1. The topological polar surface area (TPSA) is 100 Å². The van der Waals surface area contributed by atoms with E-state index in [-0.39, 0.29) is 44.3 Å². The molecule has 1 aliphatic rings. The number of hydrogen-bond donors (Lipinski definition) is 2. The number of nitrogens with zero attached hydrogens (tertiary/aromatic N) is 3. The summed E-state index contributed by atoms with van der Waals surface area (Å²) in [4.78, 5) is 11.7. The molecule has 8 nitrogen and oxygen atoms in total. The lowest BCUT2D eigenvalue weighted by Gasteiger charge is -2.30. The summed E-state index contributed by atoms with van der Waals surface area (Å²) in [7, 11) is -2.44. The zero-order valence-corrected chi connectivity index (χ0v) is 16.6. The Labute approximate surface area is 165 Å².